The van der Waals surface area contributed by atoms with Gasteiger partial charge < -0.3 is 14.8 Å². The van der Waals surface area contributed by atoms with E-state index < -0.39 is 6.10 Å². The molecule has 1 unspecified atom stereocenters. The largest absolute Gasteiger partial charge is 0.467 e. The van der Waals surface area contributed by atoms with E-state index in [1.807, 2.05) is 0 Å². The fourth-order valence-electron chi connectivity index (χ4n) is 1.45. The summed E-state index contributed by atoms with van der Waals surface area (Å²) in [6, 6.07) is 6.57. The van der Waals surface area contributed by atoms with Crippen molar-refractivity contribution in [3.05, 3.63) is 51.4 Å². The fraction of sp³-hybridized carbons (Fsp3) is 0.167. The molecule has 96 valence electrons. The van der Waals surface area contributed by atoms with Crippen LogP contribution in [0.3, 0.4) is 0 Å². The third kappa shape index (κ3) is 3.12. The van der Waals surface area contributed by atoms with Gasteiger partial charge in [0.05, 0.1) is 27.0 Å². The molecule has 0 saturated heterocycles. The Morgan fingerprint density at radius 3 is 2.56 bits per heavy atom. The van der Waals surface area contributed by atoms with Crippen LogP contribution in [0.25, 0.3) is 0 Å². The maximum absolute atomic E-state index is 9.83. The van der Waals surface area contributed by atoms with Crippen LogP contribution in [0.15, 0.2) is 34.9 Å². The van der Waals surface area contributed by atoms with Crippen molar-refractivity contribution in [3.8, 4) is 0 Å². The molecule has 0 saturated carbocycles. The minimum Gasteiger partial charge on any atom is -0.467 e. The van der Waals surface area contributed by atoms with Crippen molar-refractivity contribution in [2.24, 2.45) is 0 Å². The summed E-state index contributed by atoms with van der Waals surface area (Å²) in [5.74, 6) is 0.485. The zero-order valence-corrected chi connectivity index (χ0v) is 11.4. The van der Waals surface area contributed by atoms with Gasteiger partial charge in [-0.3, -0.25) is 0 Å². The Balaban J connectivity index is 2.04. The van der Waals surface area contributed by atoms with Crippen molar-refractivity contribution < 1.29 is 9.52 Å². The summed E-state index contributed by atoms with van der Waals surface area (Å²) in [4.78, 5) is 0. The summed E-state index contributed by atoms with van der Waals surface area (Å²) in [6.45, 7) is 0.255. The molecule has 3 nitrogen and oxygen atoms in total. The number of aliphatic hydroxyl groups excluding tert-OH is 1. The number of nitrogens with one attached hydrogen (secondary N) is 1. The molecule has 0 aliphatic rings. The molecule has 0 spiro atoms. The molecule has 18 heavy (non-hydrogen) atoms. The molecule has 0 bridgehead atoms. The first-order chi connectivity index (χ1) is 8.58. The van der Waals surface area contributed by atoms with Crippen molar-refractivity contribution in [1.29, 1.82) is 0 Å². The molecule has 2 aromatic rings. The molecule has 2 N–H and O–H groups in total. The second-order valence-electron chi connectivity index (χ2n) is 3.66. The van der Waals surface area contributed by atoms with E-state index in [2.05, 4.69) is 5.32 Å². The Morgan fingerprint density at radius 2 is 1.89 bits per heavy atom. The molecule has 1 atom stereocenters. The number of anilines is 1. The van der Waals surface area contributed by atoms with E-state index in [1.165, 1.54) is 6.26 Å². The van der Waals surface area contributed by atoms with Gasteiger partial charge in [0.2, 0.25) is 0 Å². The van der Waals surface area contributed by atoms with E-state index in [0.29, 0.717) is 26.5 Å². The molecule has 1 aromatic carbocycles. The highest BCUT2D eigenvalue weighted by atomic mass is 35.5. The molecule has 1 heterocycles. The first-order valence-corrected chi connectivity index (χ1v) is 6.31. The molecule has 0 fully saturated rings. The number of hydrogen-bond acceptors (Lipinski definition) is 3. The van der Waals surface area contributed by atoms with Crippen molar-refractivity contribution in [1.82, 2.24) is 0 Å². The van der Waals surface area contributed by atoms with Crippen molar-refractivity contribution in [2.75, 3.05) is 11.9 Å². The van der Waals surface area contributed by atoms with E-state index in [4.69, 9.17) is 39.2 Å². The summed E-state index contributed by atoms with van der Waals surface area (Å²) in [5, 5.41) is 14.0. The van der Waals surface area contributed by atoms with Gasteiger partial charge in [0.25, 0.3) is 0 Å². The van der Waals surface area contributed by atoms with Gasteiger partial charge in [0, 0.05) is 6.54 Å². The normalized spacial score (nSPS) is 12.4. The third-order valence-corrected chi connectivity index (χ3v) is 3.40. The van der Waals surface area contributed by atoms with E-state index in [0.717, 1.165) is 0 Å². The Bertz CT molecular complexity index is 528. The number of benzene rings is 1. The molecular weight excluding hydrogens is 296 g/mol. The predicted octanol–water partition coefficient (Wildman–Crippen LogP) is 4.39. The molecule has 0 aliphatic carbocycles. The number of rotatable bonds is 4. The van der Waals surface area contributed by atoms with Crippen LogP contribution in [-0.2, 0) is 0 Å². The van der Waals surface area contributed by atoms with Crippen LogP contribution in [-0.4, -0.2) is 11.7 Å². The quantitative estimate of drug-likeness (QED) is 0.824. The van der Waals surface area contributed by atoms with Gasteiger partial charge in [-0.05, 0) is 24.3 Å². The summed E-state index contributed by atoms with van der Waals surface area (Å²) in [6.07, 6.45) is 0.746. The highest BCUT2D eigenvalue weighted by Crippen LogP contribution is 2.32. The van der Waals surface area contributed by atoms with E-state index in [-0.39, 0.29) is 6.54 Å². The molecule has 1 aromatic heterocycles. The SMILES string of the molecule is OC(CNc1cc(Cl)c(Cl)cc1Cl)c1ccco1. The maximum atomic E-state index is 9.83. The predicted molar refractivity (Wildman–Crippen MR) is 73.6 cm³/mol. The fourth-order valence-corrected chi connectivity index (χ4v) is 2.06. The van der Waals surface area contributed by atoms with E-state index in [9.17, 15) is 5.11 Å². The van der Waals surface area contributed by atoms with E-state index in [1.54, 1.807) is 24.3 Å². The second kappa shape index (κ2) is 5.85. The maximum Gasteiger partial charge on any atom is 0.134 e. The highest BCUT2D eigenvalue weighted by Gasteiger charge is 2.12. The number of aliphatic hydroxyl groups is 1. The van der Waals surface area contributed by atoms with Gasteiger partial charge in [0.15, 0.2) is 0 Å². The lowest BCUT2D eigenvalue weighted by molar-refractivity contribution is 0.162. The number of furan rings is 1. The average Bonchev–Trinajstić information content (AvgIpc) is 2.85. The van der Waals surface area contributed by atoms with Crippen molar-refractivity contribution in [3.63, 3.8) is 0 Å². The zero-order valence-electron chi connectivity index (χ0n) is 9.16. The van der Waals surface area contributed by atoms with Gasteiger partial charge in [-0.2, -0.15) is 0 Å². The smallest absolute Gasteiger partial charge is 0.134 e. The van der Waals surface area contributed by atoms with Crippen molar-refractivity contribution in [2.45, 2.75) is 6.10 Å². The highest BCUT2D eigenvalue weighted by molar-refractivity contribution is 6.44. The van der Waals surface area contributed by atoms with Crippen LogP contribution in [0, 0.1) is 0 Å². The molecule has 0 aliphatic heterocycles. The lowest BCUT2D eigenvalue weighted by Crippen LogP contribution is -2.11. The standard InChI is InChI=1S/C12H10Cl3NO2/c13-7-4-9(15)10(5-8(7)14)16-6-11(17)12-2-1-3-18-12/h1-5,11,16-17H,6H2. The lowest BCUT2D eigenvalue weighted by atomic mass is 10.2. The van der Waals surface area contributed by atoms with Gasteiger partial charge in [-0.1, -0.05) is 34.8 Å². The first kappa shape index (κ1) is 13.6. The monoisotopic (exact) mass is 305 g/mol. The summed E-state index contributed by atoms with van der Waals surface area (Å²) in [5.41, 5.74) is 0.608. The lowest BCUT2D eigenvalue weighted by Gasteiger charge is -2.12. The summed E-state index contributed by atoms with van der Waals surface area (Å²) >= 11 is 17.7. The first-order valence-electron chi connectivity index (χ1n) is 5.18. The minimum absolute atomic E-state index is 0.255. The average molecular weight is 307 g/mol. The Hall–Kier alpha value is -0.870. The Morgan fingerprint density at radius 1 is 1.17 bits per heavy atom. The van der Waals surface area contributed by atoms with Gasteiger partial charge in [-0.15, -0.1) is 0 Å². The van der Waals surface area contributed by atoms with Crippen LogP contribution in [0.1, 0.15) is 11.9 Å². The molecule has 0 radical (unpaired) electrons. The molecular formula is C12H10Cl3NO2. The Labute approximate surface area is 119 Å². The minimum atomic E-state index is -0.759. The number of hydrogen-bond donors (Lipinski definition) is 2. The van der Waals surface area contributed by atoms with Crippen LogP contribution in [0.5, 0.6) is 0 Å². The van der Waals surface area contributed by atoms with Crippen LogP contribution in [0.4, 0.5) is 5.69 Å². The molecule has 2 rings (SSSR count). The van der Waals surface area contributed by atoms with Crippen molar-refractivity contribution >= 4 is 40.5 Å². The van der Waals surface area contributed by atoms with Gasteiger partial charge >= 0.3 is 0 Å². The third-order valence-electron chi connectivity index (χ3n) is 2.37. The summed E-state index contributed by atoms with van der Waals surface area (Å²) < 4.78 is 5.09. The number of halogens is 3. The molecule has 6 heteroatoms. The van der Waals surface area contributed by atoms with Gasteiger partial charge in [0.1, 0.15) is 11.9 Å². The second-order valence-corrected chi connectivity index (χ2v) is 4.88. The van der Waals surface area contributed by atoms with E-state index >= 15 is 0 Å². The van der Waals surface area contributed by atoms with Crippen LogP contribution >= 0.6 is 34.8 Å². The molecule has 0 amide bonds. The summed E-state index contributed by atoms with van der Waals surface area (Å²) in [7, 11) is 0. The van der Waals surface area contributed by atoms with Crippen LogP contribution < -0.4 is 5.32 Å². The zero-order chi connectivity index (χ0) is 13.1. The van der Waals surface area contributed by atoms with Crippen LogP contribution in [0.2, 0.25) is 15.1 Å². The Kier molecular flexibility index (Phi) is 4.40. The van der Waals surface area contributed by atoms with Gasteiger partial charge in [-0.25, -0.2) is 0 Å². The topological polar surface area (TPSA) is 45.4 Å².